The zero-order valence-corrected chi connectivity index (χ0v) is 21.4. The molecular formula is C25H25ClF3N3O5S. The number of hydrogen-bond acceptors (Lipinski definition) is 7. The first-order valence-corrected chi connectivity index (χ1v) is 12.8. The van der Waals surface area contributed by atoms with Crippen LogP contribution in [0.1, 0.15) is 30.3 Å². The molecule has 13 heteroatoms. The van der Waals surface area contributed by atoms with Crippen molar-refractivity contribution in [2.75, 3.05) is 13.1 Å². The first-order chi connectivity index (χ1) is 17.5. The number of hydrogen-bond donors (Lipinski definition) is 3. The van der Waals surface area contributed by atoms with Gasteiger partial charge in [0.1, 0.15) is 11.5 Å². The summed E-state index contributed by atoms with van der Waals surface area (Å²) >= 11 is 0. The van der Waals surface area contributed by atoms with E-state index in [2.05, 4.69) is 15.6 Å². The first-order valence-electron chi connectivity index (χ1n) is 11.3. The Labute approximate surface area is 223 Å². The van der Waals surface area contributed by atoms with E-state index in [1.165, 1.54) is 36.5 Å². The van der Waals surface area contributed by atoms with Crippen molar-refractivity contribution < 1.29 is 36.2 Å². The normalized spacial score (nSPS) is 16.1. The SMILES string of the molecule is Cl.O=C(NC(O)c1ccccn1)C1(S(=O)(=O)c2ccc(Oc3ccc(C(F)(F)F)cc3)cc2)CCNCC1. The van der Waals surface area contributed by atoms with Crippen molar-refractivity contribution in [2.45, 2.75) is 34.9 Å². The molecule has 1 aromatic heterocycles. The van der Waals surface area contributed by atoms with Crippen molar-refractivity contribution >= 4 is 28.2 Å². The molecule has 8 nitrogen and oxygen atoms in total. The third-order valence-corrected chi connectivity index (χ3v) is 8.64. The lowest BCUT2D eigenvalue weighted by atomic mass is 9.95. The Balaban J connectivity index is 0.00000400. The molecule has 0 aliphatic carbocycles. The molecule has 3 aromatic rings. The highest BCUT2D eigenvalue weighted by atomic mass is 35.5. The Hall–Kier alpha value is -3.19. The van der Waals surface area contributed by atoms with Gasteiger partial charge in [0, 0.05) is 6.20 Å². The summed E-state index contributed by atoms with van der Waals surface area (Å²) in [6.45, 7) is 0.558. The quantitative estimate of drug-likeness (QED) is 0.367. The van der Waals surface area contributed by atoms with Crippen molar-refractivity contribution in [1.82, 2.24) is 15.6 Å². The van der Waals surface area contributed by atoms with E-state index in [0.29, 0.717) is 0 Å². The lowest BCUT2D eigenvalue weighted by Crippen LogP contribution is -2.58. The molecule has 3 N–H and O–H groups in total. The standard InChI is InChI=1S/C25H24F3N3O5S.ClH/c26-25(27,28)17-4-6-18(7-5-17)36-19-8-10-20(11-9-19)37(34,35)24(12-15-29-16-13-24)23(33)31-22(32)21-3-1-2-14-30-21;/h1-11,14,22,29,32H,12-13,15-16H2,(H,31,33);1H. The lowest BCUT2D eigenvalue weighted by molar-refractivity contribution is -0.137. The van der Waals surface area contributed by atoms with Gasteiger partial charge in [0.25, 0.3) is 0 Å². The number of piperidine rings is 1. The van der Waals surface area contributed by atoms with Crippen molar-refractivity contribution in [3.05, 3.63) is 84.2 Å². The number of nitrogens with one attached hydrogen (secondary N) is 2. The number of aliphatic hydroxyl groups excluding tert-OH is 1. The number of amides is 1. The second-order valence-corrected chi connectivity index (χ2v) is 10.7. The number of aliphatic hydroxyl groups is 1. The molecule has 204 valence electrons. The van der Waals surface area contributed by atoms with Crippen molar-refractivity contribution in [3.8, 4) is 11.5 Å². The maximum absolute atomic E-state index is 13.7. The van der Waals surface area contributed by atoms with Crippen molar-refractivity contribution in [2.24, 2.45) is 0 Å². The number of benzene rings is 2. The molecule has 1 amide bonds. The van der Waals surface area contributed by atoms with Gasteiger partial charge in [-0.15, -0.1) is 12.4 Å². The molecule has 38 heavy (non-hydrogen) atoms. The molecule has 1 atom stereocenters. The number of sulfone groups is 1. The van der Waals surface area contributed by atoms with Crippen LogP contribution in [0.4, 0.5) is 13.2 Å². The molecule has 1 aliphatic heterocycles. The second kappa shape index (κ2) is 11.7. The highest BCUT2D eigenvalue weighted by Crippen LogP contribution is 2.36. The minimum atomic E-state index is -4.47. The van der Waals surface area contributed by atoms with Crippen molar-refractivity contribution in [3.63, 3.8) is 0 Å². The Morgan fingerprint density at radius 3 is 2.11 bits per heavy atom. The molecule has 1 fully saturated rings. The fourth-order valence-electron chi connectivity index (χ4n) is 4.08. The summed E-state index contributed by atoms with van der Waals surface area (Å²) in [5.41, 5.74) is -0.651. The molecule has 2 heterocycles. The maximum Gasteiger partial charge on any atom is 0.416 e. The van der Waals surface area contributed by atoms with Gasteiger partial charge in [0.05, 0.1) is 16.2 Å². The van der Waals surface area contributed by atoms with Gasteiger partial charge in [-0.25, -0.2) is 8.42 Å². The number of alkyl halides is 3. The number of carbonyl (C=O) groups excluding carboxylic acids is 1. The van der Waals surface area contributed by atoms with E-state index in [4.69, 9.17) is 4.74 Å². The van der Waals surface area contributed by atoms with E-state index in [-0.39, 0.29) is 60.4 Å². The van der Waals surface area contributed by atoms with Gasteiger partial charge in [-0.1, -0.05) is 6.07 Å². The molecule has 1 saturated heterocycles. The highest BCUT2D eigenvalue weighted by molar-refractivity contribution is 7.93. The summed E-state index contributed by atoms with van der Waals surface area (Å²) < 4.78 is 69.4. The Bertz CT molecular complexity index is 1330. The number of halogens is 4. The zero-order valence-electron chi connectivity index (χ0n) is 19.8. The molecule has 4 rings (SSSR count). The Morgan fingerprint density at radius 2 is 1.58 bits per heavy atom. The second-order valence-electron chi connectivity index (χ2n) is 8.47. The minimum absolute atomic E-state index is 0. The number of carbonyl (C=O) groups is 1. The van der Waals surface area contributed by atoms with E-state index < -0.39 is 38.5 Å². The fourth-order valence-corrected chi connectivity index (χ4v) is 6.07. The summed E-state index contributed by atoms with van der Waals surface area (Å²) in [5.74, 6) is -0.494. The minimum Gasteiger partial charge on any atom is -0.457 e. The van der Waals surface area contributed by atoms with Gasteiger partial charge in [-0.2, -0.15) is 13.2 Å². The summed E-state index contributed by atoms with van der Waals surface area (Å²) in [5, 5.41) is 15.9. The maximum atomic E-state index is 13.7. The van der Waals surface area contributed by atoms with Gasteiger partial charge >= 0.3 is 6.18 Å². The van der Waals surface area contributed by atoms with E-state index in [1.807, 2.05) is 0 Å². The molecule has 0 spiro atoms. The summed E-state index contributed by atoms with van der Waals surface area (Å²) in [4.78, 5) is 17.2. The van der Waals surface area contributed by atoms with E-state index in [9.17, 15) is 31.5 Å². The molecule has 1 unspecified atom stereocenters. The predicted molar refractivity (Wildman–Crippen MR) is 135 cm³/mol. The van der Waals surface area contributed by atoms with Crippen LogP contribution in [0, 0.1) is 0 Å². The van der Waals surface area contributed by atoms with Crippen LogP contribution in [-0.4, -0.2) is 42.3 Å². The van der Waals surface area contributed by atoms with E-state index >= 15 is 0 Å². The van der Waals surface area contributed by atoms with Gasteiger partial charge in [-0.3, -0.25) is 9.78 Å². The molecule has 2 aromatic carbocycles. The van der Waals surface area contributed by atoms with Crippen LogP contribution in [0.25, 0.3) is 0 Å². The number of ether oxygens (including phenoxy) is 1. The largest absolute Gasteiger partial charge is 0.457 e. The van der Waals surface area contributed by atoms with Gasteiger partial charge in [0.2, 0.25) is 5.91 Å². The highest BCUT2D eigenvalue weighted by Gasteiger charge is 2.52. The Morgan fingerprint density at radius 1 is 1.00 bits per heavy atom. The van der Waals surface area contributed by atoms with Crippen LogP contribution in [-0.2, 0) is 20.8 Å². The average Bonchev–Trinajstić information content (AvgIpc) is 2.89. The number of pyridine rings is 1. The van der Waals surface area contributed by atoms with Crippen LogP contribution in [0.5, 0.6) is 11.5 Å². The van der Waals surface area contributed by atoms with Crippen LogP contribution in [0.15, 0.2) is 77.8 Å². The molecular weight excluding hydrogens is 547 g/mol. The molecule has 0 saturated carbocycles. The van der Waals surface area contributed by atoms with Crippen molar-refractivity contribution in [1.29, 1.82) is 0 Å². The predicted octanol–water partition coefficient (Wildman–Crippen LogP) is 4.02. The summed E-state index contributed by atoms with van der Waals surface area (Å²) in [6, 6.07) is 14.1. The summed E-state index contributed by atoms with van der Waals surface area (Å²) in [7, 11) is -4.23. The van der Waals surface area contributed by atoms with Crippen LogP contribution < -0.4 is 15.4 Å². The average molecular weight is 572 g/mol. The van der Waals surface area contributed by atoms with E-state index in [1.54, 1.807) is 12.1 Å². The van der Waals surface area contributed by atoms with Gasteiger partial charge in [-0.05, 0) is 86.6 Å². The third-order valence-electron chi connectivity index (χ3n) is 6.13. The fraction of sp³-hybridized carbons (Fsp3) is 0.280. The van der Waals surface area contributed by atoms with Gasteiger partial charge in [0.15, 0.2) is 20.8 Å². The lowest BCUT2D eigenvalue weighted by Gasteiger charge is -2.36. The number of nitrogens with zero attached hydrogens (tertiary/aromatic N) is 1. The monoisotopic (exact) mass is 571 g/mol. The first kappa shape index (κ1) is 29.4. The topological polar surface area (TPSA) is 118 Å². The van der Waals surface area contributed by atoms with Gasteiger partial charge < -0.3 is 20.5 Å². The molecule has 1 aliphatic rings. The van der Waals surface area contributed by atoms with E-state index in [0.717, 1.165) is 24.3 Å². The zero-order chi connectivity index (χ0) is 26.7. The smallest absolute Gasteiger partial charge is 0.416 e. The number of aromatic nitrogens is 1. The van der Waals surface area contributed by atoms with Crippen LogP contribution in [0.2, 0.25) is 0 Å². The Kier molecular flexibility index (Phi) is 9.03. The number of rotatable bonds is 7. The molecule has 0 radical (unpaired) electrons. The van der Waals surface area contributed by atoms with Crippen LogP contribution >= 0.6 is 12.4 Å². The third kappa shape index (κ3) is 6.09. The van der Waals surface area contributed by atoms with Crippen LogP contribution in [0.3, 0.4) is 0 Å². The summed E-state index contributed by atoms with van der Waals surface area (Å²) in [6.07, 6.45) is -4.55. The molecule has 0 bridgehead atoms.